The molecule has 0 atom stereocenters. The maximum absolute atomic E-state index is 11.4. The Bertz CT molecular complexity index is 663. The summed E-state index contributed by atoms with van der Waals surface area (Å²) in [6.07, 6.45) is 3.96. The van der Waals surface area contributed by atoms with Gasteiger partial charge in [-0.15, -0.1) is 11.3 Å². The molecule has 1 aromatic carbocycles. The fraction of sp³-hybridized carbons (Fsp3) is 0.125. The molecule has 100 valence electrons. The number of thiophene rings is 1. The lowest BCUT2D eigenvalue weighted by Crippen LogP contribution is -2.03. The second-order valence-corrected chi connectivity index (χ2v) is 4.95. The van der Waals surface area contributed by atoms with Crippen molar-refractivity contribution in [3.8, 4) is 22.9 Å². The summed E-state index contributed by atoms with van der Waals surface area (Å²) in [5, 5.41) is 10.9. The van der Waals surface area contributed by atoms with Crippen LogP contribution in [0.15, 0.2) is 47.9 Å². The van der Waals surface area contributed by atoms with Crippen LogP contribution in [0, 0.1) is 11.3 Å². The zero-order chi connectivity index (χ0) is 14.4. The molecule has 0 aliphatic rings. The van der Waals surface area contributed by atoms with Gasteiger partial charge < -0.3 is 4.74 Å². The summed E-state index contributed by atoms with van der Waals surface area (Å²) >= 11 is 1.41. The van der Waals surface area contributed by atoms with Crippen molar-refractivity contribution >= 4 is 17.3 Å². The maximum atomic E-state index is 11.4. The molecule has 1 heterocycles. The molecule has 0 unspecified atom stereocenters. The van der Waals surface area contributed by atoms with E-state index < -0.39 is 0 Å². The number of benzene rings is 1. The molecule has 3 nitrogen and oxygen atoms in total. The molecule has 0 bridgehead atoms. The van der Waals surface area contributed by atoms with E-state index in [4.69, 9.17) is 10.00 Å². The summed E-state index contributed by atoms with van der Waals surface area (Å²) in [6.45, 7) is 1.95. The second kappa shape index (κ2) is 6.69. The number of esters is 1. The summed E-state index contributed by atoms with van der Waals surface area (Å²) in [5.74, 6) is 0.112. The van der Waals surface area contributed by atoms with Crippen LogP contribution >= 0.6 is 11.3 Å². The van der Waals surface area contributed by atoms with Crippen LogP contribution in [0.1, 0.15) is 18.2 Å². The van der Waals surface area contributed by atoms with E-state index in [1.54, 1.807) is 18.2 Å². The third kappa shape index (κ3) is 3.34. The van der Waals surface area contributed by atoms with E-state index in [2.05, 4.69) is 6.07 Å². The van der Waals surface area contributed by atoms with Crippen molar-refractivity contribution in [3.05, 3.63) is 52.7 Å². The standard InChI is InChI=1S/C16H13NO2S/c1-2-3-4-16(18)19-13-7-5-12(6-8-13)14-9-10-20-15(14)11-17/h3-10H,2H2,1H3. The average molecular weight is 283 g/mol. The molecule has 0 amide bonds. The zero-order valence-electron chi connectivity index (χ0n) is 11.0. The van der Waals surface area contributed by atoms with E-state index >= 15 is 0 Å². The minimum atomic E-state index is -0.382. The minimum Gasteiger partial charge on any atom is -0.423 e. The lowest BCUT2D eigenvalue weighted by Gasteiger charge is -2.03. The van der Waals surface area contributed by atoms with Crippen LogP contribution in [0.25, 0.3) is 11.1 Å². The molecule has 0 N–H and O–H groups in total. The Balaban J connectivity index is 2.13. The molecule has 2 aromatic rings. The minimum absolute atomic E-state index is 0.382. The van der Waals surface area contributed by atoms with Gasteiger partial charge in [-0.1, -0.05) is 25.1 Å². The van der Waals surface area contributed by atoms with Gasteiger partial charge in [-0.2, -0.15) is 5.26 Å². The van der Waals surface area contributed by atoms with Crippen molar-refractivity contribution < 1.29 is 9.53 Å². The highest BCUT2D eigenvalue weighted by Gasteiger charge is 2.07. The normalized spacial score (nSPS) is 10.4. The van der Waals surface area contributed by atoms with Gasteiger partial charge in [0, 0.05) is 11.6 Å². The molecule has 20 heavy (non-hydrogen) atoms. The monoisotopic (exact) mass is 283 g/mol. The first-order chi connectivity index (χ1) is 9.74. The fourth-order valence-corrected chi connectivity index (χ4v) is 2.40. The van der Waals surface area contributed by atoms with Crippen LogP contribution in [0.5, 0.6) is 5.75 Å². The number of carbonyl (C=O) groups excluding carboxylic acids is 1. The summed E-state index contributed by atoms with van der Waals surface area (Å²) in [6, 6.07) is 11.2. The molecule has 0 fully saturated rings. The first-order valence-corrected chi connectivity index (χ1v) is 7.09. The number of ether oxygens (including phenoxy) is 1. The number of nitrogens with zero attached hydrogens (tertiary/aromatic N) is 1. The first kappa shape index (κ1) is 14.0. The van der Waals surface area contributed by atoms with Gasteiger partial charge in [-0.05, 0) is 35.6 Å². The van der Waals surface area contributed by atoms with Crippen molar-refractivity contribution in [2.24, 2.45) is 0 Å². The molecular weight excluding hydrogens is 270 g/mol. The molecule has 4 heteroatoms. The van der Waals surface area contributed by atoms with Crippen LogP contribution in [-0.4, -0.2) is 5.97 Å². The lowest BCUT2D eigenvalue weighted by molar-refractivity contribution is -0.129. The van der Waals surface area contributed by atoms with E-state index in [0.29, 0.717) is 10.6 Å². The summed E-state index contributed by atoms with van der Waals surface area (Å²) in [7, 11) is 0. The smallest absolute Gasteiger partial charge is 0.335 e. The molecule has 0 aliphatic carbocycles. The van der Waals surface area contributed by atoms with E-state index in [1.807, 2.05) is 30.5 Å². The predicted octanol–water partition coefficient (Wildman–Crippen LogP) is 4.16. The molecular formula is C16H13NO2S. The van der Waals surface area contributed by atoms with E-state index in [9.17, 15) is 4.79 Å². The summed E-state index contributed by atoms with van der Waals surface area (Å²) in [4.78, 5) is 12.1. The quantitative estimate of drug-likeness (QED) is 0.481. The Hall–Kier alpha value is -2.38. The van der Waals surface area contributed by atoms with Crippen LogP contribution in [0.4, 0.5) is 0 Å². The van der Waals surface area contributed by atoms with Crippen molar-refractivity contribution in [3.63, 3.8) is 0 Å². The maximum Gasteiger partial charge on any atom is 0.335 e. The molecule has 0 saturated carbocycles. The molecule has 1 aromatic heterocycles. The van der Waals surface area contributed by atoms with Crippen LogP contribution in [-0.2, 0) is 4.79 Å². The van der Waals surface area contributed by atoms with Gasteiger partial charge in [0.15, 0.2) is 0 Å². The summed E-state index contributed by atoms with van der Waals surface area (Å²) in [5.41, 5.74) is 1.84. The van der Waals surface area contributed by atoms with Gasteiger partial charge in [-0.3, -0.25) is 0 Å². The highest BCUT2D eigenvalue weighted by atomic mass is 32.1. The average Bonchev–Trinajstić information content (AvgIpc) is 2.94. The molecule has 0 saturated heterocycles. The second-order valence-electron chi connectivity index (χ2n) is 4.03. The van der Waals surface area contributed by atoms with E-state index in [-0.39, 0.29) is 5.97 Å². The third-order valence-electron chi connectivity index (χ3n) is 2.64. The Labute approximate surface area is 121 Å². The Morgan fingerprint density at radius 1 is 1.35 bits per heavy atom. The number of rotatable bonds is 4. The van der Waals surface area contributed by atoms with Crippen LogP contribution in [0.3, 0.4) is 0 Å². The summed E-state index contributed by atoms with van der Waals surface area (Å²) < 4.78 is 5.16. The van der Waals surface area contributed by atoms with Crippen molar-refractivity contribution in [2.75, 3.05) is 0 Å². The SMILES string of the molecule is CCC=CC(=O)Oc1ccc(-c2ccsc2C#N)cc1. The highest BCUT2D eigenvalue weighted by Crippen LogP contribution is 2.28. The Morgan fingerprint density at radius 2 is 2.10 bits per heavy atom. The van der Waals surface area contributed by atoms with Gasteiger partial charge >= 0.3 is 5.97 Å². The topological polar surface area (TPSA) is 50.1 Å². The molecule has 0 radical (unpaired) electrons. The zero-order valence-corrected chi connectivity index (χ0v) is 11.8. The lowest BCUT2D eigenvalue weighted by atomic mass is 10.1. The molecule has 0 aliphatic heterocycles. The van der Waals surface area contributed by atoms with Crippen molar-refractivity contribution in [1.82, 2.24) is 0 Å². The largest absolute Gasteiger partial charge is 0.423 e. The fourth-order valence-electron chi connectivity index (χ4n) is 1.69. The highest BCUT2D eigenvalue weighted by molar-refractivity contribution is 7.11. The van der Waals surface area contributed by atoms with Gasteiger partial charge in [0.1, 0.15) is 16.7 Å². The number of carbonyl (C=O) groups is 1. The van der Waals surface area contributed by atoms with Gasteiger partial charge in [0.05, 0.1) is 0 Å². The van der Waals surface area contributed by atoms with Gasteiger partial charge in [0.2, 0.25) is 0 Å². The van der Waals surface area contributed by atoms with Gasteiger partial charge in [0.25, 0.3) is 0 Å². The van der Waals surface area contributed by atoms with Gasteiger partial charge in [-0.25, -0.2) is 4.79 Å². The number of hydrogen-bond donors (Lipinski definition) is 0. The third-order valence-corrected chi connectivity index (χ3v) is 3.46. The van der Waals surface area contributed by atoms with Crippen LogP contribution in [0.2, 0.25) is 0 Å². The Kier molecular flexibility index (Phi) is 4.70. The van der Waals surface area contributed by atoms with Crippen molar-refractivity contribution in [2.45, 2.75) is 13.3 Å². The Morgan fingerprint density at radius 3 is 2.75 bits per heavy atom. The predicted molar refractivity (Wildman–Crippen MR) is 79.5 cm³/mol. The van der Waals surface area contributed by atoms with Crippen molar-refractivity contribution in [1.29, 1.82) is 5.26 Å². The number of hydrogen-bond acceptors (Lipinski definition) is 4. The molecule has 2 rings (SSSR count). The number of nitriles is 1. The van der Waals surface area contributed by atoms with E-state index in [1.165, 1.54) is 17.4 Å². The number of allylic oxidation sites excluding steroid dienone is 1. The van der Waals surface area contributed by atoms with Crippen LogP contribution < -0.4 is 4.74 Å². The van der Waals surface area contributed by atoms with E-state index in [0.717, 1.165) is 17.5 Å². The molecule has 0 spiro atoms. The first-order valence-electron chi connectivity index (χ1n) is 6.21.